The monoisotopic (exact) mass is 225 g/mol. The summed E-state index contributed by atoms with van der Waals surface area (Å²) < 4.78 is 0. The zero-order chi connectivity index (χ0) is 12.4. The molecule has 2 aromatic rings. The first-order valence-electron chi connectivity index (χ1n) is 6.15. The maximum Gasteiger partial charge on any atom is 0.0707 e. The lowest BCUT2D eigenvalue weighted by molar-refractivity contribution is 1.07. The molecule has 0 amide bonds. The fraction of sp³-hybridized carbons (Fsp3) is 0.312. The normalized spacial score (nSPS) is 10.6. The summed E-state index contributed by atoms with van der Waals surface area (Å²) in [5.41, 5.74) is 7.57. The van der Waals surface area contributed by atoms with Crippen molar-refractivity contribution < 1.29 is 0 Å². The molecule has 0 spiro atoms. The number of aromatic nitrogens is 1. The van der Waals surface area contributed by atoms with E-state index in [2.05, 4.69) is 56.9 Å². The molecule has 0 N–H and O–H groups in total. The van der Waals surface area contributed by atoms with E-state index in [-0.39, 0.29) is 0 Å². The van der Waals surface area contributed by atoms with E-state index in [0.717, 1.165) is 12.1 Å². The molecule has 1 heteroatoms. The highest BCUT2D eigenvalue weighted by Crippen LogP contribution is 2.24. The Bertz CT molecular complexity index is 541. The van der Waals surface area contributed by atoms with Crippen LogP contribution in [0.4, 0.5) is 0 Å². The lowest BCUT2D eigenvalue weighted by atomic mass is 10.00. The summed E-state index contributed by atoms with van der Waals surface area (Å²) in [6, 6.07) is 8.71. The zero-order valence-corrected chi connectivity index (χ0v) is 11.0. The van der Waals surface area contributed by atoms with Gasteiger partial charge in [0.15, 0.2) is 0 Å². The molecule has 0 unspecified atom stereocenters. The Balaban J connectivity index is 2.50. The number of pyridine rings is 1. The van der Waals surface area contributed by atoms with Crippen LogP contribution in [0.3, 0.4) is 0 Å². The van der Waals surface area contributed by atoms with Gasteiger partial charge in [0, 0.05) is 11.8 Å². The van der Waals surface area contributed by atoms with Gasteiger partial charge in [0.05, 0.1) is 5.69 Å². The zero-order valence-electron chi connectivity index (χ0n) is 11.0. The van der Waals surface area contributed by atoms with Crippen LogP contribution in [0.1, 0.15) is 29.2 Å². The first kappa shape index (κ1) is 11.8. The summed E-state index contributed by atoms with van der Waals surface area (Å²) in [5, 5.41) is 0. The van der Waals surface area contributed by atoms with Crippen molar-refractivity contribution in [2.75, 3.05) is 0 Å². The lowest BCUT2D eigenvalue weighted by Gasteiger charge is -2.09. The minimum absolute atomic E-state index is 1.05. The first-order valence-corrected chi connectivity index (χ1v) is 6.15. The maximum absolute atomic E-state index is 4.57. The minimum atomic E-state index is 1.05. The number of aryl methyl sites for hydroxylation is 4. The highest BCUT2D eigenvalue weighted by Gasteiger charge is 2.05. The van der Waals surface area contributed by atoms with E-state index in [0.29, 0.717) is 0 Å². The molecule has 1 aromatic heterocycles. The summed E-state index contributed by atoms with van der Waals surface area (Å²) >= 11 is 0. The van der Waals surface area contributed by atoms with Crippen molar-refractivity contribution in [1.29, 1.82) is 0 Å². The van der Waals surface area contributed by atoms with Crippen molar-refractivity contribution in [2.24, 2.45) is 0 Å². The summed E-state index contributed by atoms with van der Waals surface area (Å²) in [4.78, 5) is 4.57. The predicted octanol–water partition coefficient (Wildman–Crippen LogP) is 4.24. The third-order valence-electron chi connectivity index (χ3n) is 3.26. The molecule has 2 rings (SSSR count). The molecule has 17 heavy (non-hydrogen) atoms. The number of benzene rings is 1. The fourth-order valence-electron chi connectivity index (χ4n) is 2.20. The molecule has 0 aliphatic heterocycles. The smallest absolute Gasteiger partial charge is 0.0707 e. The number of rotatable bonds is 2. The van der Waals surface area contributed by atoms with E-state index in [1.807, 2.05) is 6.20 Å². The van der Waals surface area contributed by atoms with Crippen LogP contribution >= 0.6 is 0 Å². The van der Waals surface area contributed by atoms with E-state index in [1.54, 1.807) is 0 Å². The van der Waals surface area contributed by atoms with Crippen molar-refractivity contribution in [2.45, 2.75) is 34.1 Å². The van der Waals surface area contributed by atoms with Gasteiger partial charge in [-0.3, -0.25) is 4.98 Å². The van der Waals surface area contributed by atoms with E-state index >= 15 is 0 Å². The molecule has 1 heterocycles. The van der Waals surface area contributed by atoms with Crippen LogP contribution in [0.25, 0.3) is 11.3 Å². The summed E-state index contributed by atoms with van der Waals surface area (Å²) in [7, 11) is 0. The molecule has 0 bridgehead atoms. The summed E-state index contributed by atoms with van der Waals surface area (Å²) in [6.07, 6.45) is 3.05. The second-order valence-electron chi connectivity index (χ2n) is 4.67. The van der Waals surface area contributed by atoms with E-state index in [9.17, 15) is 0 Å². The molecule has 88 valence electrons. The van der Waals surface area contributed by atoms with E-state index in [1.165, 1.54) is 27.8 Å². The Hall–Kier alpha value is -1.63. The lowest BCUT2D eigenvalue weighted by Crippen LogP contribution is -1.93. The van der Waals surface area contributed by atoms with Gasteiger partial charge in [-0.2, -0.15) is 0 Å². The average Bonchev–Trinajstić information content (AvgIpc) is 2.29. The molecular weight excluding hydrogens is 206 g/mol. The Labute approximate surface area is 104 Å². The van der Waals surface area contributed by atoms with E-state index < -0.39 is 0 Å². The van der Waals surface area contributed by atoms with E-state index in [4.69, 9.17) is 0 Å². The van der Waals surface area contributed by atoms with Gasteiger partial charge in [-0.05, 0) is 49.9 Å². The summed E-state index contributed by atoms with van der Waals surface area (Å²) in [6.45, 7) is 8.59. The van der Waals surface area contributed by atoms with Crippen LogP contribution in [0, 0.1) is 20.8 Å². The van der Waals surface area contributed by atoms with Gasteiger partial charge in [-0.1, -0.05) is 30.7 Å². The summed E-state index contributed by atoms with van der Waals surface area (Å²) in [5.74, 6) is 0. The van der Waals surface area contributed by atoms with Crippen molar-refractivity contribution in [1.82, 2.24) is 4.98 Å². The van der Waals surface area contributed by atoms with Gasteiger partial charge in [0.25, 0.3) is 0 Å². The molecule has 0 aliphatic carbocycles. The third-order valence-corrected chi connectivity index (χ3v) is 3.26. The number of hydrogen-bond acceptors (Lipinski definition) is 1. The largest absolute Gasteiger partial charge is 0.256 e. The highest BCUT2D eigenvalue weighted by molar-refractivity contribution is 5.64. The molecule has 0 radical (unpaired) electrons. The molecular formula is C16H19N. The van der Waals surface area contributed by atoms with Gasteiger partial charge in [0.1, 0.15) is 0 Å². The second kappa shape index (κ2) is 4.70. The molecule has 0 aliphatic rings. The SMILES string of the molecule is CCc1cnc(-c2ccc(C)cc2C)cc1C. The topological polar surface area (TPSA) is 12.9 Å². The van der Waals surface area contributed by atoms with Gasteiger partial charge in [0.2, 0.25) is 0 Å². The second-order valence-corrected chi connectivity index (χ2v) is 4.67. The third kappa shape index (κ3) is 2.38. The first-order chi connectivity index (χ1) is 8.11. The van der Waals surface area contributed by atoms with Crippen LogP contribution in [0.5, 0.6) is 0 Å². The standard InChI is InChI=1S/C16H19N/c1-5-14-10-17-16(9-12(14)3)15-7-6-11(2)8-13(15)4/h6-10H,5H2,1-4H3. The van der Waals surface area contributed by atoms with Crippen LogP contribution in [-0.2, 0) is 6.42 Å². The molecule has 0 saturated carbocycles. The fourth-order valence-corrected chi connectivity index (χ4v) is 2.20. The van der Waals surface area contributed by atoms with Gasteiger partial charge >= 0.3 is 0 Å². The molecule has 1 nitrogen and oxygen atoms in total. The Morgan fingerprint density at radius 2 is 1.76 bits per heavy atom. The van der Waals surface area contributed by atoms with Crippen LogP contribution in [-0.4, -0.2) is 4.98 Å². The van der Waals surface area contributed by atoms with Crippen LogP contribution in [0.2, 0.25) is 0 Å². The van der Waals surface area contributed by atoms with Crippen molar-refractivity contribution in [3.8, 4) is 11.3 Å². The molecule has 0 fully saturated rings. The van der Waals surface area contributed by atoms with Gasteiger partial charge in [-0.15, -0.1) is 0 Å². The van der Waals surface area contributed by atoms with Crippen molar-refractivity contribution in [3.05, 3.63) is 52.7 Å². The Morgan fingerprint density at radius 3 is 2.35 bits per heavy atom. The minimum Gasteiger partial charge on any atom is -0.256 e. The van der Waals surface area contributed by atoms with Crippen LogP contribution in [0.15, 0.2) is 30.5 Å². The Kier molecular flexibility index (Phi) is 3.28. The number of nitrogens with zero attached hydrogens (tertiary/aromatic N) is 1. The molecule has 0 atom stereocenters. The van der Waals surface area contributed by atoms with Crippen molar-refractivity contribution >= 4 is 0 Å². The van der Waals surface area contributed by atoms with Crippen LogP contribution < -0.4 is 0 Å². The van der Waals surface area contributed by atoms with Crippen molar-refractivity contribution in [3.63, 3.8) is 0 Å². The quantitative estimate of drug-likeness (QED) is 0.745. The molecule has 0 saturated heterocycles. The van der Waals surface area contributed by atoms with Gasteiger partial charge < -0.3 is 0 Å². The predicted molar refractivity (Wildman–Crippen MR) is 73.3 cm³/mol. The highest BCUT2D eigenvalue weighted by atomic mass is 14.7. The average molecular weight is 225 g/mol. The van der Waals surface area contributed by atoms with Gasteiger partial charge in [-0.25, -0.2) is 0 Å². The number of hydrogen-bond donors (Lipinski definition) is 0. The maximum atomic E-state index is 4.57. The molecule has 1 aromatic carbocycles. The Morgan fingerprint density at radius 1 is 1.00 bits per heavy atom.